The molecule has 0 saturated carbocycles. The van der Waals surface area contributed by atoms with E-state index in [0.717, 1.165) is 0 Å². The molecule has 3 aromatic rings. The second kappa shape index (κ2) is 7.63. The predicted molar refractivity (Wildman–Crippen MR) is 102 cm³/mol. The summed E-state index contributed by atoms with van der Waals surface area (Å²) in [4.78, 5) is 27.3. The summed E-state index contributed by atoms with van der Waals surface area (Å²) in [5, 5.41) is 0.427. The van der Waals surface area contributed by atoms with E-state index in [1.807, 2.05) is 17.0 Å². The van der Waals surface area contributed by atoms with E-state index in [4.69, 9.17) is 13.9 Å². The average Bonchev–Trinajstić information content (AvgIpc) is 2.74. The number of carbonyl (C=O) groups is 1. The number of hydrogen-bond acceptors (Lipinski definition) is 6. The zero-order valence-corrected chi connectivity index (χ0v) is 14.7. The smallest absolute Gasteiger partial charge is 0.243 e. The van der Waals surface area contributed by atoms with Gasteiger partial charge in [-0.15, -0.1) is 0 Å². The van der Waals surface area contributed by atoms with Crippen LogP contribution in [0.3, 0.4) is 0 Å². The Morgan fingerprint density at radius 2 is 1.70 bits per heavy atom. The summed E-state index contributed by atoms with van der Waals surface area (Å²) in [6.45, 7) is 2.02. The molecule has 1 fully saturated rings. The van der Waals surface area contributed by atoms with Gasteiger partial charge in [0.2, 0.25) is 17.1 Å². The first-order chi connectivity index (χ1) is 13.2. The van der Waals surface area contributed by atoms with Gasteiger partial charge in [-0.2, -0.15) is 0 Å². The summed E-state index contributed by atoms with van der Waals surface area (Å²) < 4.78 is 17.1. The zero-order chi connectivity index (χ0) is 18.6. The van der Waals surface area contributed by atoms with Gasteiger partial charge in [-0.25, -0.2) is 0 Å². The van der Waals surface area contributed by atoms with Crippen LogP contribution in [-0.4, -0.2) is 38.7 Å². The van der Waals surface area contributed by atoms with Crippen molar-refractivity contribution in [2.75, 3.05) is 37.8 Å². The van der Waals surface area contributed by atoms with E-state index in [2.05, 4.69) is 0 Å². The number of nitrogens with zero attached hydrogens (tertiary/aromatic N) is 1. The molecule has 2 aromatic carbocycles. The molecule has 0 aliphatic carbocycles. The molecule has 2 heterocycles. The molecule has 0 atom stereocenters. The minimum Gasteiger partial charge on any atom is -0.477 e. The topological polar surface area (TPSA) is 69.0 Å². The summed E-state index contributed by atoms with van der Waals surface area (Å²) in [6.07, 6.45) is 0. The Morgan fingerprint density at radius 3 is 2.48 bits per heavy atom. The molecule has 1 aliphatic rings. The molecule has 0 bridgehead atoms. The number of benzene rings is 2. The van der Waals surface area contributed by atoms with Crippen LogP contribution in [0.1, 0.15) is 10.4 Å². The second-order valence-electron chi connectivity index (χ2n) is 6.24. The quantitative estimate of drug-likeness (QED) is 0.648. The highest BCUT2D eigenvalue weighted by molar-refractivity contribution is 5.97. The van der Waals surface area contributed by atoms with Gasteiger partial charge >= 0.3 is 0 Å². The van der Waals surface area contributed by atoms with Gasteiger partial charge in [0.05, 0.1) is 18.6 Å². The first-order valence-corrected chi connectivity index (χ1v) is 8.83. The number of carbonyl (C=O) groups excluding carboxylic acids is 1. The average molecular weight is 365 g/mol. The van der Waals surface area contributed by atoms with Crippen molar-refractivity contribution in [2.24, 2.45) is 0 Å². The van der Waals surface area contributed by atoms with Gasteiger partial charge in [-0.1, -0.05) is 42.5 Å². The molecule has 1 aromatic heterocycles. The van der Waals surface area contributed by atoms with E-state index in [0.29, 0.717) is 48.7 Å². The number of ketones is 1. The maximum Gasteiger partial charge on any atom is 0.243 e. The first kappa shape index (κ1) is 17.3. The summed E-state index contributed by atoms with van der Waals surface area (Å²) in [7, 11) is 0. The van der Waals surface area contributed by atoms with Gasteiger partial charge in [-0.05, 0) is 12.1 Å². The Kier molecular flexibility index (Phi) is 4.89. The number of Topliss-reactive ketones (excluding diaryl/α,β-unsaturated/α-hetero) is 1. The maximum atomic E-state index is 13.0. The van der Waals surface area contributed by atoms with Gasteiger partial charge < -0.3 is 18.8 Å². The van der Waals surface area contributed by atoms with E-state index in [-0.39, 0.29) is 23.6 Å². The van der Waals surface area contributed by atoms with Crippen molar-refractivity contribution in [2.45, 2.75) is 0 Å². The molecular weight excluding hydrogens is 346 g/mol. The number of para-hydroxylation sites is 1. The van der Waals surface area contributed by atoms with Crippen LogP contribution in [0, 0.1) is 0 Å². The fourth-order valence-electron chi connectivity index (χ4n) is 3.06. The molecule has 0 spiro atoms. The number of hydrogen-bond donors (Lipinski definition) is 0. The SMILES string of the molecule is O=C(COc1c(N2CCOCC2)oc2ccccc2c1=O)c1ccccc1. The Hall–Kier alpha value is -3.12. The second-order valence-corrected chi connectivity index (χ2v) is 6.24. The molecule has 0 unspecified atom stereocenters. The van der Waals surface area contributed by atoms with E-state index in [1.54, 1.807) is 42.5 Å². The first-order valence-electron chi connectivity index (χ1n) is 8.83. The number of ether oxygens (including phenoxy) is 2. The Morgan fingerprint density at radius 1 is 1.00 bits per heavy atom. The standard InChI is InChI=1S/C21H19NO5/c23-17(15-6-2-1-3-7-15)14-26-20-19(24)16-8-4-5-9-18(16)27-21(20)22-10-12-25-13-11-22/h1-9H,10-14H2. The van der Waals surface area contributed by atoms with Crippen molar-refractivity contribution < 1.29 is 18.7 Å². The number of rotatable bonds is 5. The van der Waals surface area contributed by atoms with Gasteiger partial charge in [0.15, 0.2) is 12.4 Å². The number of morpholine rings is 1. The van der Waals surface area contributed by atoms with E-state index >= 15 is 0 Å². The molecule has 138 valence electrons. The number of fused-ring (bicyclic) bond motifs is 1. The van der Waals surface area contributed by atoms with Crippen LogP contribution in [0.25, 0.3) is 11.0 Å². The monoisotopic (exact) mass is 365 g/mol. The molecule has 1 aliphatic heterocycles. The highest BCUT2D eigenvalue weighted by Crippen LogP contribution is 2.30. The summed E-state index contributed by atoms with van der Waals surface area (Å²) >= 11 is 0. The lowest BCUT2D eigenvalue weighted by molar-refractivity contribution is 0.0918. The van der Waals surface area contributed by atoms with Crippen molar-refractivity contribution in [1.29, 1.82) is 0 Å². The lowest BCUT2D eigenvalue weighted by Gasteiger charge is -2.28. The van der Waals surface area contributed by atoms with Gasteiger partial charge in [0.25, 0.3) is 0 Å². The molecule has 6 nitrogen and oxygen atoms in total. The van der Waals surface area contributed by atoms with Crippen LogP contribution in [0.4, 0.5) is 5.88 Å². The van der Waals surface area contributed by atoms with Crippen molar-refractivity contribution in [3.8, 4) is 5.75 Å². The Bertz CT molecular complexity index is 1010. The molecule has 1 saturated heterocycles. The summed E-state index contributed by atoms with van der Waals surface area (Å²) in [5.74, 6) is 0.221. The predicted octanol–water partition coefficient (Wildman–Crippen LogP) is 2.89. The lowest BCUT2D eigenvalue weighted by atomic mass is 10.1. The molecule has 4 rings (SSSR count). The lowest BCUT2D eigenvalue weighted by Crippen LogP contribution is -2.37. The van der Waals surface area contributed by atoms with E-state index in [1.165, 1.54) is 0 Å². The highest BCUT2D eigenvalue weighted by atomic mass is 16.5. The van der Waals surface area contributed by atoms with Gasteiger partial charge in [0, 0.05) is 18.7 Å². The highest BCUT2D eigenvalue weighted by Gasteiger charge is 2.23. The van der Waals surface area contributed by atoms with Crippen LogP contribution in [0.5, 0.6) is 5.75 Å². The van der Waals surface area contributed by atoms with Crippen molar-refractivity contribution >= 4 is 22.6 Å². The van der Waals surface area contributed by atoms with Crippen LogP contribution < -0.4 is 15.1 Å². The normalized spacial score (nSPS) is 14.3. The summed E-state index contributed by atoms with van der Waals surface area (Å²) in [5.41, 5.74) is 0.750. The fraction of sp³-hybridized carbons (Fsp3) is 0.238. The summed E-state index contributed by atoms with van der Waals surface area (Å²) in [6, 6.07) is 15.9. The van der Waals surface area contributed by atoms with Crippen LogP contribution >= 0.6 is 0 Å². The molecule has 0 radical (unpaired) electrons. The van der Waals surface area contributed by atoms with Crippen molar-refractivity contribution in [1.82, 2.24) is 0 Å². The third-order valence-electron chi connectivity index (χ3n) is 4.48. The van der Waals surface area contributed by atoms with E-state index < -0.39 is 0 Å². The van der Waals surface area contributed by atoms with Crippen LogP contribution in [-0.2, 0) is 4.74 Å². The minimum absolute atomic E-state index is 0.0693. The number of anilines is 1. The molecular formula is C21H19NO5. The molecule has 27 heavy (non-hydrogen) atoms. The largest absolute Gasteiger partial charge is 0.477 e. The molecule has 6 heteroatoms. The van der Waals surface area contributed by atoms with Crippen LogP contribution in [0.2, 0.25) is 0 Å². The minimum atomic E-state index is -0.279. The van der Waals surface area contributed by atoms with Crippen molar-refractivity contribution in [3.05, 3.63) is 70.4 Å². The van der Waals surface area contributed by atoms with Gasteiger partial charge in [0.1, 0.15) is 5.58 Å². The Labute approximate surface area is 155 Å². The maximum absolute atomic E-state index is 13.0. The fourth-order valence-corrected chi connectivity index (χ4v) is 3.06. The van der Waals surface area contributed by atoms with Gasteiger partial charge in [-0.3, -0.25) is 9.59 Å². The van der Waals surface area contributed by atoms with Crippen LogP contribution in [0.15, 0.2) is 63.8 Å². The Balaban J connectivity index is 1.70. The third kappa shape index (κ3) is 3.57. The zero-order valence-electron chi connectivity index (χ0n) is 14.7. The molecule has 0 amide bonds. The van der Waals surface area contributed by atoms with E-state index in [9.17, 15) is 9.59 Å². The van der Waals surface area contributed by atoms with Crippen molar-refractivity contribution in [3.63, 3.8) is 0 Å². The molecule has 0 N–H and O–H groups in total. The third-order valence-corrected chi connectivity index (χ3v) is 4.48.